The first-order valence-electron chi connectivity index (χ1n) is 9.17. The SMILES string of the molecule is CC(C)c1ccccc1OC[C@@H](O)CN1C(=O)CC2(CCCC2)C1=O. The van der Waals surface area contributed by atoms with E-state index in [0.717, 1.165) is 37.0 Å². The number of β-amino-alcohol motifs (C(OH)–C–C–N with tert-alkyl or cyclic N) is 1. The van der Waals surface area contributed by atoms with E-state index in [1.807, 2.05) is 24.3 Å². The first kappa shape index (κ1) is 17.9. The number of ether oxygens (including phenoxy) is 1. The van der Waals surface area contributed by atoms with E-state index in [9.17, 15) is 14.7 Å². The molecule has 0 radical (unpaired) electrons. The number of rotatable bonds is 6. The van der Waals surface area contributed by atoms with Gasteiger partial charge in [-0.05, 0) is 30.4 Å². The fourth-order valence-electron chi connectivity index (χ4n) is 4.03. The number of hydrogen-bond donors (Lipinski definition) is 1. The lowest BCUT2D eigenvalue weighted by Gasteiger charge is -2.23. The first-order valence-corrected chi connectivity index (χ1v) is 9.17. The molecule has 136 valence electrons. The Hall–Kier alpha value is -1.88. The Morgan fingerprint density at radius 2 is 1.88 bits per heavy atom. The summed E-state index contributed by atoms with van der Waals surface area (Å²) in [4.78, 5) is 26.1. The van der Waals surface area contributed by atoms with E-state index in [4.69, 9.17) is 4.74 Å². The molecule has 0 aromatic heterocycles. The molecule has 1 aromatic rings. The van der Waals surface area contributed by atoms with Crippen molar-refractivity contribution in [2.45, 2.75) is 58.0 Å². The normalized spacial score (nSPS) is 20.7. The van der Waals surface area contributed by atoms with Gasteiger partial charge in [0.05, 0.1) is 12.0 Å². The van der Waals surface area contributed by atoms with Gasteiger partial charge in [0.2, 0.25) is 11.8 Å². The molecule has 0 unspecified atom stereocenters. The van der Waals surface area contributed by atoms with Crippen LogP contribution in [0.1, 0.15) is 57.4 Å². The smallest absolute Gasteiger partial charge is 0.235 e. The highest BCUT2D eigenvalue weighted by Gasteiger charge is 2.52. The van der Waals surface area contributed by atoms with Crippen LogP contribution in [0.15, 0.2) is 24.3 Å². The molecule has 3 rings (SSSR count). The number of imide groups is 1. The van der Waals surface area contributed by atoms with Crippen LogP contribution in [-0.2, 0) is 9.59 Å². The topological polar surface area (TPSA) is 66.8 Å². The summed E-state index contributed by atoms with van der Waals surface area (Å²) in [5.41, 5.74) is 0.593. The lowest BCUT2D eigenvalue weighted by Crippen LogP contribution is -2.41. The molecule has 1 saturated carbocycles. The minimum atomic E-state index is -0.885. The quantitative estimate of drug-likeness (QED) is 0.805. The Morgan fingerprint density at radius 3 is 2.56 bits per heavy atom. The van der Waals surface area contributed by atoms with E-state index in [0.29, 0.717) is 12.3 Å². The molecule has 0 bridgehead atoms. The molecule has 1 spiro atoms. The molecule has 1 saturated heterocycles. The zero-order valence-electron chi connectivity index (χ0n) is 15.0. The van der Waals surface area contributed by atoms with Crippen LogP contribution in [0.3, 0.4) is 0 Å². The standard InChI is InChI=1S/C20H27NO4/c1-14(2)16-7-3-4-8-17(16)25-13-15(22)12-21-18(23)11-20(19(21)24)9-5-6-10-20/h3-4,7-8,14-15,22H,5-6,9-13H2,1-2H3/t15-/m0/s1. The van der Waals surface area contributed by atoms with Gasteiger partial charge in [0.15, 0.2) is 0 Å². The van der Waals surface area contributed by atoms with E-state index >= 15 is 0 Å². The Kier molecular flexibility index (Phi) is 5.13. The number of aliphatic hydroxyl groups excluding tert-OH is 1. The van der Waals surface area contributed by atoms with Crippen LogP contribution >= 0.6 is 0 Å². The van der Waals surface area contributed by atoms with Crippen LogP contribution in [0, 0.1) is 5.41 Å². The van der Waals surface area contributed by atoms with Gasteiger partial charge < -0.3 is 9.84 Å². The predicted molar refractivity (Wildman–Crippen MR) is 94.3 cm³/mol. The molecule has 1 N–H and O–H groups in total. The third-order valence-electron chi connectivity index (χ3n) is 5.42. The number of benzene rings is 1. The molecule has 25 heavy (non-hydrogen) atoms. The van der Waals surface area contributed by atoms with Gasteiger partial charge in [0.25, 0.3) is 0 Å². The van der Waals surface area contributed by atoms with Crippen LogP contribution in [0.25, 0.3) is 0 Å². The average Bonchev–Trinajstić information content (AvgIpc) is 3.14. The third kappa shape index (κ3) is 3.56. The van der Waals surface area contributed by atoms with E-state index in [-0.39, 0.29) is 25.0 Å². The Labute approximate surface area is 149 Å². The average molecular weight is 345 g/mol. The minimum absolute atomic E-state index is 0.0171. The summed E-state index contributed by atoms with van der Waals surface area (Å²) in [5.74, 6) is 0.797. The van der Waals surface area contributed by atoms with Gasteiger partial charge >= 0.3 is 0 Å². The molecule has 2 fully saturated rings. The number of amides is 2. The fourth-order valence-corrected chi connectivity index (χ4v) is 4.03. The monoisotopic (exact) mass is 345 g/mol. The number of nitrogens with zero attached hydrogens (tertiary/aromatic N) is 1. The van der Waals surface area contributed by atoms with Crippen molar-refractivity contribution >= 4 is 11.8 Å². The van der Waals surface area contributed by atoms with E-state index < -0.39 is 11.5 Å². The van der Waals surface area contributed by atoms with Gasteiger partial charge in [-0.1, -0.05) is 44.9 Å². The van der Waals surface area contributed by atoms with Crippen molar-refractivity contribution < 1.29 is 19.4 Å². The molecule has 2 aliphatic rings. The first-order chi connectivity index (χ1) is 11.9. The highest BCUT2D eigenvalue weighted by Crippen LogP contribution is 2.46. The lowest BCUT2D eigenvalue weighted by atomic mass is 9.84. The maximum atomic E-state index is 12.6. The summed E-state index contributed by atoms with van der Waals surface area (Å²) >= 11 is 0. The highest BCUT2D eigenvalue weighted by atomic mass is 16.5. The molecular weight excluding hydrogens is 318 g/mol. The fraction of sp³-hybridized carbons (Fsp3) is 0.600. The molecule has 5 heteroatoms. The Morgan fingerprint density at radius 1 is 1.20 bits per heavy atom. The van der Waals surface area contributed by atoms with Crippen molar-refractivity contribution in [2.24, 2.45) is 5.41 Å². The van der Waals surface area contributed by atoms with Crippen LogP contribution in [-0.4, -0.2) is 41.1 Å². The van der Waals surface area contributed by atoms with E-state index in [1.165, 1.54) is 4.90 Å². The largest absolute Gasteiger partial charge is 0.491 e. The molecule has 5 nitrogen and oxygen atoms in total. The van der Waals surface area contributed by atoms with E-state index in [1.54, 1.807) is 0 Å². The lowest BCUT2D eigenvalue weighted by molar-refractivity contribution is -0.143. The molecule has 1 heterocycles. The molecule has 2 amide bonds. The van der Waals surface area contributed by atoms with Crippen LogP contribution < -0.4 is 4.74 Å². The second kappa shape index (κ2) is 7.16. The summed E-state index contributed by atoms with van der Waals surface area (Å²) in [7, 11) is 0. The van der Waals surface area contributed by atoms with Crippen molar-refractivity contribution in [3.8, 4) is 5.75 Å². The number of para-hydroxylation sites is 1. The Balaban J connectivity index is 1.59. The van der Waals surface area contributed by atoms with Crippen molar-refractivity contribution in [2.75, 3.05) is 13.2 Å². The van der Waals surface area contributed by atoms with Gasteiger partial charge in [-0.15, -0.1) is 0 Å². The van der Waals surface area contributed by atoms with Crippen molar-refractivity contribution in [3.63, 3.8) is 0 Å². The summed E-state index contributed by atoms with van der Waals surface area (Å²) in [6.07, 6.45) is 3.01. The highest BCUT2D eigenvalue weighted by molar-refractivity contribution is 6.06. The Bertz CT molecular complexity index is 649. The second-order valence-corrected chi connectivity index (χ2v) is 7.63. The van der Waals surface area contributed by atoms with Gasteiger partial charge in [-0.2, -0.15) is 0 Å². The number of likely N-dealkylation sites (tertiary alicyclic amines) is 1. The maximum absolute atomic E-state index is 12.6. The second-order valence-electron chi connectivity index (χ2n) is 7.63. The molecular formula is C20H27NO4. The number of hydrogen-bond acceptors (Lipinski definition) is 4. The molecule has 1 atom stereocenters. The number of aliphatic hydroxyl groups is 1. The number of carbonyl (C=O) groups is 2. The summed E-state index contributed by atoms with van der Waals surface area (Å²) in [6.45, 7) is 4.25. The van der Waals surface area contributed by atoms with Crippen LogP contribution in [0.5, 0.6) is 5.75 Å². The zero-order chi connectivity index (χ0) is 18.0. The van der Waals surface area contributed by atoms with Crippen molar-refractivity contribution in [1.82, 2.24) is 4.90 Å². The van der Waals surface area contributed by atoms with Crippen molar-refractivity contribution in [1.29, 1.82) is 0 Å². The zero-order valence-corrected chi connectivity index (χ0v) is 15.0. The molecule has 1 aliphatic heterocycles. The van der Waals surface area contributed by atoms with E-state index in [2.05, 4.69) is 13.8 Å². The maximum Gasteiger partial charge on any atom is 0.235 e. The van der Waals surface area contributed by atoms with Crippen LogP contribution in [0.4, 0.5) is 0 Å². The van der Waals surface area contributed by atoms with Crippen molar-refractivity contribution in [3.05, 3.63) is 29.8 Å². The minimum Gasteiger partial charge on any atom is -0.491 e. The summed E-state index contributed by atoms with van der Waals surface area (Å²) in [6, 6.07) is 7.73. The van der Waals surface area contributed by atoms with Gasteiger partial charge in [-0.3, -0.25) is 14.5 Å². The summed E-state index contributed by atoms with van der Waals surface area (Å²) in [5, 5.41) is 10.3. The molecule has 1 aromatic carbocycles. The molecule has 1 aliphatic carbocycles. The van der Waals surface area contributed by atoms with Gasteiger partial charge in [0, 0.05) is 6.42 Å². The van der Waals surface area contributed by atoms with Crippen LogP contribution in [0.2, 0.25) is 0 Å². The summed E-state index contributed by atoms with van der Waals surface area (Å²) < 4.78 is 5.76. The van der Waals surface area contributed by atoms with Gasteiger partial charge in [-0.25, -0.2) is 0 Å². The van der Waals surface area contributed by atoms with Gasteiger partial charge in [0.1, 0.15) is 18.5 Å². The third-order valence-corrected chi connectivity index (χ3v) is 5.42. The predicted octanol–water partition coefficient (Wildman–Crippen LogP) is 2.87. The number of carbonyl (C=O) groups excluding carboxylic acids is 2.